The van der Waals surface area contributed by atoms with Crippen LogP contribution in [0.15, 0.2) is 15.9 Å². The molecule has 1 unspecified atom stereocenters. The van der Waals surface area contributed by atoms with Gasteiger partial charge in [0.25, 0.3) is 0 Å². The molecule has 1 atom stereocenters. The summed E-state index contributed by atoms with van der Waals surface area (Å²) >= 11 is 2.68. The molecular formula is C8H9NO4S2. The Bertz CT molecular complexity index is 338. The molecule has 0 aliphatic heterocycles. The predicted molar refractivity (Wildman–Crippen MR) is 56.2 cm³/mol. The zero-order chi connectivity index (χ0) is 11.3. The Kier molecular flexibility index (Phi) is 4.57. The average Bonchev–Trinajstić information content (AvgIpc) is 2.63. The number of aliphatic carboxylic acids is 2. The summed E-state index contributed by atoms with van der Waals surface area (Å²) in [6.07, 6.45) is -0.355. The van der Waals surface area contributed by atoms with Crippen molar-refractivity contribution in [1.29, 1.82) is 0 Å². The quantitative estimate of drug-likeness (QED) is 0.739. The van der Waals surface area contributed by atoms with Crippen molar-refractivity contribution in [2.75, 3.05) is 5.75 Å². The van der Waals surface area contributed by atoms with Gasteiger partial charge in [-0.25, -0.2) is 4.98 Å². The van der Waals surface area contributed by atoms with Gasteiger partial charge in [-0.2, -0.15) is 0 Å². The van der Waals surface area contributed by atoms with Crippen molar-refractivity contribution in [1.82, 2.24) is 4.98 Å². The van der Waals surface area contributed by atoms with Crippen LogP contribution in [0.4, 0.5) is 0 Å². The third-order valence-electron chi connectivity index (χ3n) is 1.61. The predicted octanol–water partition coefficient (Wildman–Crippen LogP) is 1.41. The number of thioether (sulfide) groups is 1. The summed E-state index contributed by atoms with van der Waals surface area (Å²) < 4.78 is 0. The summed E-state index contributed by atoms with van der Waals surface area (Å²) in [5, 5.41) is 19.8. The van der Waals surface area contributed by atoms with Crippen molar-refractivity contribution < 1.29 is 19.8 Å². The number of nitrogens with zero attached hydrogens (tertiary/aromatic N) is 1. The van der Waals surface area contributed by atoms with Crippen molar-refractivity contribution in [3.05, 3.63) is 10.9 Å². The van der Waals surface area contributed by atoms with Crippen molar-refractivity contribution >= 4 is 35.0 Å². The zero-order valence-electron chi connectivity index (χ0n) is 7.62. The van der Waals surface area contributed by atoms with Gasteiger partial charge in [0.1, 0.15) is 5.03 Å². The number of aromatic nitrogens is 1. The van der Waals surface area contributed by atoms with E-state index >= 15 is 0 Å². The molecule has 1 aromatic heterocycles. The second-order valence-electron chi connectivity index (χ2n) is 2.77. The van der Waals surface area contributed by atoms with Crippen LogP contribution in [-0.4, -0.2) is 32.9 Å². The standard InChI is InChI=1S/C8H9NO4S2/c10-7(11)1-5(8(12)13)2-15-6-3-14-4-9-6/h3-5H,1-2H2,(H,10,11)(H,12,13). The lowest BCUT2D eigenvalue weighted by Crippen LogP contribution is -2.20. The number of carbonyl (C=O) groups is 2. The van der Waals surface area contributed by atoms with Crippen molar-refractivity contribution in [2.24, 2.45) is 5.92 Å². The van der Waals surface area contributed by atoms with Gasteiger partial charge in [-0.1, -0.05) is 0 Å². The molecule has 0 bridgehead atoms. The van der Waals surface area contributed by atoms with Crippen LogP contribution >= 0.6 is 23.1 Å². The SMILES string of the molecule is O=C(O)CC(CSc1cscn1)C(=O)O. The maximum absolute atomic E-state index is 10.7. The van der Waals surface area contributed by atoms with Crippen LogP contribution in [-0.2, 0) is 9.59 Å². The van der Waals surface area contributed by atoms with Crippen LogP contribution in [0.25, 0.3) is 0 Å². The van der Waals surface area contributed by atoms with E-state index in [0.29, 0.717) is 0 Å². The Balaban J connectivity index is 2.45. The smallest absolute Gasteiger partial charge is 0.307 e. The monoisotopic (exact) mass is 247 g/mol. The molecule has 7 heteroatoms. The maximum atomic E-state index is 10.7. The molecule has 0 saturated carbocycles. The molecule has 1 rings (SSSR count). The summed E-state index contributed by atoms with van der Waals surface area (Å²) in [5.74, 6) is -2.82. The molecule has 5 nitrogen and oxygen atoms in total. The van der Waals surface area contributed by atoms with Crippen LogP contribution in [0.3, 0.4) is 0 Å². The largest absolute Gasteiger partial charge is 0.481 e. The van der Waals surface area contributed by atoms with Gasteiger partial charge in [-0.15, -0.1) is 23.1 Å². The van der Waals surface area contributed by atoms with E-state index in [1.54, 1.807) is 10.9 Å². The summed E-state index contributed by atoms with van der Waals surface area (Å²) in [4.78, 5) is 25.1. The number of carboxylic acid groups (broad SMARTS) is 2. The Morgan fingerprint density at radius 2 is 2.27 bits per heavy atom. The first-order chi connectivity index (χ1) is 7.09. The van der Waals surface area contributed by atoms with E-state index in [1.165, 1.54) is 23.1 Å². The van der Waals surface area contributed by atoms with Crippen molar-refractivity contribution in [3.63, 3.8) is 0 Å². The third-order valence-corrected chi connectivity index (χ3v) is 3.44. The highest BCUT2D eigenvalue weighted by molar-refractivity contribution is 7.99. The second-order valence-corrected chi connectivity index (χ2v) is 4.53. The first-order valence-corrected chi connectivity index (χ1v) is 5.98. The van der Waals surface area contributed by atoms with E-state index in [4.69, 9.17) is 10.2 Å². The molecule has 15 heavy (non-hydrogen) atoms. The highest BCUT2D eigenvalue weighted by atomic mass is 32.2. The highest BCUT2D eigenvalue weighted by Gasteiger charge is 2.21. The molecular weight excluding hydrogens is 238 g/mol. The molecule has 1 aromatic rings. The Hall–Kier alpha value is -1.08. The summed E-state index contributed by atoms with van der Waals surface area (Å²) in [5.41, 5.74) is 1.65. The van der Waals surface area contributed by atoms with E-state index in [0.717, 1.165) is 5.03 Å². The molecule has 0 aliphatic carbocycles. The van der Waals surface area contributed by atoms with Crippen LogP contribution in [0.1, 0.15) is 6.42 Å². The van der Waals surface area contributed by atoms with E-state index in [1.807, 2.05) is 0 Å². The number of hydrogen-bond acceptors (Lipinski definition) is 5. The van der Waals surface area contributed by atoms with E-state index in [-0.39, 0.29) is 12.2 Å². The minimum atomic E-state index is -1.10. The van der Waals surface area contributed by atoms with Gasteiger partial charge in [0.15, 0.2) is 0 Å². The van der Waals surface area contributed by atoms with E-state index < -0.39 is 17.9 Å². The Labute approximate surface area is 94.2 Å². The molecule has 0 aromatic carbocycles. The second kappa shape index (κ2) is 5.72. The minimum Gasteiger partial charge on any atom is -0.481 e. The summed E-state index contributed by atoms with van der Waals surface area (Å²) in [6, 6.07) is 0. The normalized spacial score (nSPS) is 12.3. The van der Waals surface area contributed by atoms with Crippen LogP contribution in [0.5, 0.6) is 0 Å². The maximum Gasteiger partial charge on any atom is 0.307 e. The van der Waals surface area contributed by atoms with E-state index in [2.05, 4.69) is 4.98 Å². The van der Waals surface area contributed by atoms with Crippen LogP contribution < -0.4 is 0 Å². The molecule has 0 fully saturated rings. The lowest BCUT2D eigenvalue weighted by atomic mass is 10.1. The molecule has 0 radical (unpaired) electrons. The van der Waals surface area contributed by atoms with Crippen molar-refractivity contribution in [3.8, 4) is 0 Å². The first kappa shape index (κ1) is 12.0. The van der Waals surface area contributed by atoms with Gasteiger partial charge >= 0.3 is 11.9 Å². The first-order valence-electron chi connectivity index (χ1n) is 4.05. The number of thiazole rings is 1. The topological polar surface area (TPSA) is 87.5 Å². The summed E-state index contributed by atoms with van der Waals surface area (Å²) in [6.45, 7) is 0. The number of hydrogen-bond donors (Lipinski definition) is 2. The lowest BCUT2D eigenvalue weighted by molar-refractivity contribution is -0.147. The molecule has 0 aliphatic rings. The molecule has 0 spiro atoms. The molecule has 2 N–H and O–H groups in total. The van der Waals surface area contributed by atoms with Crippen LogP contribution in [0.2, 0.25) is 0 Å². The van der Waals surface area contributed by atoms with Crippen molar-refractivity contribution in [2.45, 2.75) is 11.4 Å². The minimum absolute atomic E-state index is 0.228. The summed E-state index contributed by atoms with van der Waals surface area (Å²) in [7, 11) is 0. The Morgan fingerprint density at radius 3 is 2.73 bits per heavy atom. The highest BCUT2D eigenvalue weighted by Crippen LogP contribution is 2.21. The lowest BCUT2D eigenvalue weighted by Gasteiger charge is -2.07. The van der Waals surface area contributed by atoms with Gasteiger partial charge in [-0.05, 0) is 0 Å². The average molecular weight is 247 g/mol. The molecule has 82 valence electrons. The fraction of sp³-hybridized carbons (Fsp3) is 0.375. The molecule has 1 heterocycles. The van der Waals surface area contributed by atoms with Gasteiger partial charge < -0.3 is 10.2 Å². The fourth-order valence-electron chi connectivity index (χ4n) is 0.887. The number of rotatable bonds is 6. The van der Waals surface area contributed by atoms with E-state index in [9.17, 15) is 9.59 Å². The van der Waals surface area contributed by atoms with Gasteiger partial charge in [0.2, 0.25) is 0 Å². The van der Waals surface area contributed by atoms with Crippen LogP contribution in [0, 0.1) is 5.92 Å². The third kappa shape index (κ3) is 4.30. The zero-order valence-corrected chi connectivity index (χ0v) is 9.25. The van der Waals surface area contributed by atoms with Gasteiger partial charge in [0.05, 0.1) is 17.8 Å². The fourth-order valence-corrected chi connectivity index (χ4v) is 2.56. The van der Waals surface area contributed by atoms with Gasteiger partial charge in [0, 0.05) is 11.1 Å². The number of carboxylic acids is 2. The molecule has 0 saturated heterocycles. The Morgan fingerprint density at radius 1 is 1.53 bits per heavy atom. The van der Waals surface area contributed by atoms with Gasteiger partial charge in [-0.3, -0.25) is 9.59 Å². The molecule has 0 amide bonds.